The maximum atomic E-state index is 12.8. The molecule has 0 saturated heterocycles. The summed E-state index contributed by atoms with van der Waals surface area (Å²) >= 11 is 6.09. The van der Waals surface area contributed by atoms with Crippen LogP contribution in [0.2, 0.25) is 5.02 Å². The first kappa shape index (κ1) is 14.4. The van der Waals surface area contributed by atoms with Gasteiger partial charge in [0.25, 0.3) is 0 Å². The molecule has 0 aliphatic carbocycles. The van der Waals surface area contributed by atoms with Crippen LogP contribution in [0.3, 0.4) is 0 Å². The summed E-state index contributed by atoms with van der Waals surface area (Å²) < 4.78 is 27.1. The SMILES string of the molecule is CC1Cc2ccccc2N1S(=O)(=O)Cc1ccccc1Cl. The highest BCUT2D eigenvalue weighted by Crippen LogP contribution is 2.35. The highest BCUT2D eigenvalue weighted by molar-refractivity contribution is 7.92. The standard InChI is InChI=1S/C16H16ClNO2S/c1-12-10-13-6-3-5-9-16(13)18(12)21(19,20)11-14-7-2-4-8-15(14)17/h2-9,12H,10-11H2,1H3. The molecule has 2 aromatic carbocycles. The molecule has 1 aliphatic rings. The Morgan fingerprint density at radius 2 is 1.81 bits per heavy atom. The van der Waals surface area contributed by atoms with Crippen molar-refractivity contribution < 1.29 is 8.42 Å². The van der Waals surface area contributed by atoms with Crippen LogP contribution in [0.15, 0.2) is 48.5 Å². The van der Waals surface area contributed by atoms with Crippen LogP contribution < -0.4 is 4.31 Å². The van der Waals surface area contributed by atoms with Crippen LogP contribution in [0.25, 0.3) is 0 Å². The van der Waals surface area contributed by atoms with Crippen molar-refractivity contribution in [3.05, 3.63) is 64.7 Å². The van der Waals surface area contributed by atoms with Gasteiger partial charge in [0.15, 0.2) is 0 Å². The molecule has 110 valence electrons. The molecule has 0 fully saturated rings. The molecule has 1 unspecified atom stereocenters. The fourth-order valence-corrected chi connectivity index (χ4v) is 5.01. The van der Waals surface area contributed by atoms with Crippen LogP contribution >= 0.6 is 11.6 Å². The first-order chi connectivity index (χ1) is 9.99. The van der Waals surface area contributed by atoms with Gasteiger partial charge in [-0.15, -0.1) is 0 Å². The summed E-state index contributed by atoms with van der Waals surface area (Å²) in [6.07, 6.45) is 0.748. The van der Waals surface area contributed by atoms with Crippen molar-refractivity contribution in [3.63, 3.8) is 0 Å². The molecule has 5 heteroatoms. The van der Waals surface area contributed by atoms with Gasteiger partial charge >= 0.3 is 0 Å². The maximum Gasteiger partial charge on any atom is 0.239 e. The Labute approximate surface area is 130 Å². The highest BCUT2D eigenvalue weighted by Gasteiger charge is 2.34. The van der Waals surface area contributed by atoms with Crippen molar-refractivity contribution in [1.29, 1.82) is 0 Å². The molecule has 3 nitrogen and oxygen atoms in total. The first-order valence-electron chi connectivity index (χ1n) is 6.82. The van der Waals surface area contributed by atoms with E-state index in [1.807, 2.05) is 31.2 Å². The number of benzene rings is 2. The van der Waals surface area contributed by atoms with Gasteiger partial charge in [-0.05, 0) is 36.6 Å². The average molecular weight is 322 g/mol. The number of sulfonamides is 1. The maximum absolute atomic E-state index is 12.8. The summed E-state index contributed by atoms with van der Waals surface area (Å²) in [6, 6.07) is 14.7. The van der Waals surface area contributed by atoms with Crippen LogP contribution in [0.1, 0.15) is 18.1 Å². The van der Waals surface area contributed by atoms with Crippen molar-refractivity contribution in [1.82, 2.24) is 0 Å². The lowest BCUT2D eigenvalue weighted by atomic mass is 10.1. The molecular formula is C16H16ClNO2S. The molecule has 1 atom stereocenters. The Hall–Kier alpha value is -1.52. The van der Waals surface area contributed by atoms with Gasteiger partial charge in [-0.3, -0.25) is 4.31 Å². The summed E-state index contributed by atoms with van der Waals surface area (Å²) in [7, 11) is -3.45. The van der Waals surface area contributed by atoms with Crippen molar-refractivity contribution in [2.45, 2.75) is 25.1 Å². The molecule has 1 heterocycles. The number of fused-ring (bicyclic) bond motifs is 1. The average Bonchev–Trinajstić information content (AvgIpc) is 2.77. The number of rotatable bonds is 3. The molecule has 0 saturated carbocycles. The van der Waals surface area contributed by atoms with Crippen LogP contribution in [0, 0.1) is 0 Å². The topological polar surface area (TPSA) is 37.4 Å². The van der Waals surface area contributed by atoms with Gasteiger partial charge in [0, 0.05) is 11.1 Å². The predicted octanol–water partition coefficient (Wildman–Crippen LogP) is 3.62. The van der Waals surface area contributed by atoms with E-state index >= 15 is 0 Å². The van der Waals surface area contributed by atoms with E-state index in [0.29, 0.717) is 10.6 Å². The minimum absolute atomic E-state index is 0.0603. The van der Waals surface area contributed by atoms with E-state index in [-0.39, 0.29) is 11.8 Å². The zero-order valence-corrected chi connectivity index (χ0v) is 13.2. The second-order valence-corrected chi connectivity index (χ2v) is 7.58. The van der Waals surface area contributed by atoms with Crippen LogP contribution in [0.5, 0.6) is 0 Å². The van der Waals surface area contributed by atoms with E-state index in [9.17, 15) is 8.42 Å². The Morgan fingerprint density at radius 3 is 2.57 bits per heavy atom. The minimum Gasteiger partial charge on any atom is -0.267 e. The molecule has 21 heavy (non-hydrogen) atoms. The second kappa shape index (κ2) is 5.35. The van der Waals surface area contributed by atoms with Crippen molar-refractivity contribution in [2.24, 2.45) is 0 Å². The smallest absolute Gasteiger partial charge is 0.239 e. The van der Waals surface area contributed by atoms with Gasteiger partial charge in [0.1, 0.15) is 0 Å². The normalized spacial score (nSPS) is 17.8. The van der Waals surface area contributed by atoms with E-state index in [1.165, 1.54) is 4.31 Å². The summed E-state index contributed by atoms with van der Waals surface area (Å²) in [4.78, 5) is 0. The first-order valence-corrected chi connectivity index (χ1v) is 8.81. The Kier molecular flexibility index (Phi) is 3.68. The van der Waals surface area contributed by atoms with Crippen molar-refractivity contribution in [3.8, 4) is 0 Å². The zero-order valence-electron chi connectivity index (χ0n) is 11.7. The summed E-state index contributed by atoms with van der Waals surface area (Å²) in [5.74, 6) is -0.0780. The molecule has 2 aromatic rings. The molecule has 0 aromatic heterocycles. The van der Waals surface area contributed by atoms with Gasteiger partial charge in [0.2, 0.25) is 10.0 Å². The molecule has 0 spiro atoms. The van der Waals surface area contributed by atoms with Crippen molar-refractivity contribution >= 4 is 27.3 Å². The molecule has 0 N–H and O–H groups in total. The van der Waals surface area contributed by atoms with Crippen LogP contribution in [-0.2, 0) is 22.2 Å². The Balaban J connectivity index is 1.98. The van der Waals surface area contributed by atoms with E-state index < -0.39 is 10.0 Å². The third-order valence-corrected chi connectivity index (χ3v) is 5.94. The number of hydrogen-bond acceptors (Lipinski definition) is 2. The highest BCUT2D eigenvalue weighted by atomic mass is 35.5. The quantitative estimate of drug-likeness (QED) is 0.866. The van der Waals surface area contributed by atoms with E-state index in [2.05, 4.69) is 0 Å². The fraction of sp³-hybridized carbons (Fsp3) is 0.250. The Bertz CT molecular complexity index is 773. The van der Waals surface area contributed by atoms with Gasteiger partial charge in [0.05, 0.1) is 11.4 Å². The van der Waals surface area contributed by atoms with Gasteiger partial charge in [-0.1, -0.05) is 48.0 Å². The van der Waals surface area contributed by atoms with Crippen LogP contribution in [-0.4, -0.2) is 14.5 Å². The zero-order chi connectivity index (χ0) is 15.0. The molecular weight excluding hydrogens is 306 g/mol. The summed E-state index contributed by atoms with van der Waals surface area (Å²) in [5, 5.41) is 0.487. The fourth-order valence-electron chi connectivity index (χ4n) is 2.84. The summed E-state index contributed by atoms with van der Waals surface area (Å²) in [5.41, 5.74) is 2.50. The van der Waals surface area contributed by atoms with Crippen molar-refractivity contribution in [2.75, 3.05) is 4.31 Å². The number of nitrogens with zero attached hydrogens (tertiary/aromatic N) is 1. The monoisotopic (exact) mass is 321 g/mol. The minimum atomic E-state index is -3.45. The predicted molar refractivity (Wildman–Crippen MR) is 86.2 cm³/mol. The number of anilines is 1. The molecule has 1 aliphatic heterocycles. The number of para-hydroxylation sites is 1. The lowest BCUT2D eigenvalue weighted by Crippen LogP contribution is -2.36. The van der Waals surface area contributed by atoms with E-state index in [4.69, 9.17) is 11.6 Å². The summed E-state index contributed by atoms with van der Waals surface area (Å²) in [6.45, 7) is 1.93. The lowest BCUT2D eigenvalue weighted by Gasteiger charge is -2.24. The van der Waals surface area contributed by atoms with Crippen LogP contribution in [0.4, 0.5) is 5.69 Å². The molecule has 0 amide bonds. The second-order valence-electron chi connectivity index (χ2n) is 5.33. The third kappa shape index (κ3) is 2.65. The van der Waals surface area contributed by atoms with Gasteiger partial charge in [-0.25, -0.2) is 8.42 Å². The molecule has 3 rings (SSSR count). The third-order valence-electron chi connectivity index (χ3n) is 3.74. The lowest BCUT2D eigenvalue weighted by molar-refractivity contribution is 0.583. The Morgan fingerprint density at radius 1 is 1.14 bits per heavy atom. The number of hydrogen-bond donors (Lipinski definition) is 0. The molecule has 0 radical (unpaired) electrons. The largest absolute Gasteiger partial charge is 0.267 e. The van der Waals surface area contributed by atoms with E-state index in [0.717, 1.165) is 17.7 Å². The molecule has 0 bridgehead atoms. The van der Waals surface area contributed by atoms with E-state index in [1.54, 1.807) is 24.3 Å². The van der Waals surface area contributed by atoms with Gasteiger partial charge < -0.3 is 0 Å². The number of halogens is 1. The van der Waals surface area contributed by atoms with Gasteiger partial charge in [-0.2, -0.15) is 0 Å².